The van der Waals surface area contributed by atoms with Crippen molar-refractivity contribution >= 4 is 23.2 Å². The van der Waals surface area contributed by atoms with Gasteiger partial charge in [-0.25, -0.2) is 9.97 Å². The molecule has 8 heteroatoms. The summed E-state index contributed by atoms with van der Waals surface area (Å²) in [6.07, 6.45) is 0. The third-order valence-electron chi connectivity index (χ3n) is 2.66. The van der Waals surface area contributed by atoms with Crippen molar-refractivity contribution in [3.63, 3.8) is 0 Å². The van der Waals surface area contributed by atoms with Gasteiger partial charge in [0.05, 0.1) is 7.11 Å². The van der Waals surface area contributed by atoms with Crippen molar-refractivity contribution in [1.82, 2.24) is 9.97 Å². The molecular weight excluding hydrogens is 325 g/mol. The monoisotopic (exact) mass is 334 g/mol. The van der Waals surface area contributed by atoms with Gasteiger partial charge in [0.15, 0.2) is 17.3 Å². The highest BCUT2D eigenvalue weighted by Gasteiger charge is 2.15. The molecule has 0 radical (unpaired) electrons. The summed E-state index contributed by atoms with van der Waals surface area (Å²) in [6.45, 7) is -1.30. The molecule has 0 N–H and O–H groups in total. The van der Waals surface area contributed by atoms with Gasteiger partial charge in [-0.3, -0.25) is 0 Å². The Kier molecular flexibility index (Phi) is 4.80. The average molecular weight is 335 g/mol. The highest BCUT2D eigenvalue weighted by Crippen LogP contribution is 2.33. The topological polar surface area (TPSA) is 44.2 Å². The average Bonchev–Trinajstić information content (AvgIpc) is 2.43. The molecule has 0 amide bonds. The van der Waals surface area contributed by atoms with Crippen LogP contribution in [-0.2, 0) is 0 Å². The van der Waals surface area contributed by atoms with Crippen molar-refractivity contribution in [2.24, 2.45) is 0 Å². The van der Waals surface area contributed by atoms with Gasteiger partial charge in [0.25, 0.3) is 0 Å². The number of aromatic nitrogens is 2. The van der Waals surface area contributed by atoms with E-state index in [0.717, 1.165) is 0 Å². The van der Waals surface area contributed by atoms with Crippen LogP contribution in [0.4, 0.5) is 8.78 Å². The van der Waals surface area contributed by atoms with Crippen LogP contribution >= 0.6 is 23.2 Å². The predicted octanol–water partition coefficient (Wildman–Crippen LogP) is 4.37. The number of ether oxygens (including phenoxy) is 2. The highest BCUT2D eigenvalue weighted by molar-refractivity contribution is 6.34. The Hall–Kier alpha value is -1.66. The first-order valence-corrected chi connectivity index (χ1v) is 6.50. The molecule has 0 saturated carbocycles. The van der Waals surface area contributed by atoms with Crippen molar-refractivity contribution in [2.75, 3.05) is 7.11 Å². The SMILES string of the molecule is COc1ccc(-c2nc(Cl)c(C)c(Cl)n2)cc1OC(F)F. The minimum Gasteiger partial charge on any atom is -0.493 e. The van der Waals surface area contributed by atoms with E-state index >= 15 is 0 Å². The molecule has 0 aliphatic carbocycles. The first kappa shape index (κ1) is 15.7. The van der Waals surface area contributed by atoms with Crippen LogP contribution in [0.15, 0.2) is 18.2 Å². The van der Waals surface area contributed by atoms with Gasteiger partial charge in [0.1, 0.15) is 10.3 Å². The standard InChI is InChI=1S/C13H10Cl2F2N2O2/c1-6-10(14)18-12(19-11(6)15)7-3-4-8(20-2)9(5-7)21-13(16)17/h3-5,13H,1-2H3. The van der Waals surface area contributed by atoms with E-state index < -0.39 is 6.61 Å². The first-order chi connectivity index (χ1) is 9.92. The number of alkyl halides is 2. The maximum Gasteiger partial charge on any atom is 0.387 e. The first-order valence-electron chi connectivity index (χ1n) is 5.75. The summed E-state index contributed by atoms with van der Waals surface area (Å²) in [7, 11) is 1.35. The van der Waals surface area contributed by atoms with Gasteiger partial charge in [0, 0.05) is 11.1 Å². The number of benzene rings is 1. The van der Waals surface area contributed by atoms with Crippen LogP contribution in [0, 0.1) is 6.92 Å². The van der Waals surface area contributed by atoms with Crippen molar-refractivity contribution in [2.45, 2.75) is 13.5 Å². The van der Waals surface area contributed by atoms with E-state index in [4.69, 9.17) is 27.9 Å². The predicted molar refractivity (Wildman–Crippen MR) is 75.4 cm³/mol. The molecule has 21 heavy (non-hydrogen) atoms. The summed E-state index contributed by atoms with van der Waals surface area (Å²) in [5, 5.41) is 0.384. The zero-order chi connectivity index (χ0) is 15.6. The summed E-state index contributed by atoms with van der Waals surface area (Å²) in [4.78, 5) is 8.13. The Morgan fingerprint density at radius 2 is 1.71 bits per heavy atom. The Morgan fingerprint density at radius 3 is 2.24 bits per heavy atom. The van der Waals surface area contributed by atoms with Gasteiger partial charge in [-0.1, -0.05) is 23.2 Å². The summed E-state index contributed by atoms with van der Waals surface area (Å²) >= 11 is 11.9. The molecule has 1 aromatic carbocycles. The van der Waals surface area contributed by atoms with Crippen LogP contribution in [-0.4, -0.2) is 23.7 Å². The second-order valence-electron chi connectivity index (χ2n) is 4.00. The van der Waals surface area contributed by atoms with Crippen molar-refractivity contribution in [3.05, 3.63) is 34.1 Å². The number of methoxy groups -OCH3 is 1. The largest absolute Gasteiger partial charge is 0.493 e. The molecule has 1 aromatic heterocycles. The third kappa shape index (κ3) is 3.51. The molecule has 0 unspecified atom stereocenters. The smallest absolute Gasteiger partial charge is 0.387 e. The van der Waals surface area contributed by atoms with Crippen LogP contribution in [0.5, 0.6) is 11.5 Å². The van der Waals surface area contributed by atoms with E-state index in [2.05, 4.69) is 14.7 Å². The van der Waals surface area contributed by atoms with Crippen LogP contribution in [0.2, 0.25) is 10.3 Å². The summed E-state index contributed by atoms with van der Waals surface area (Å²) < 4.78 is 34.2. The normalized spacial score (nSPS) is 10.8. The molecule has 0 aliphatic rings. The van der Waals surface area contributed by atoms with E-state index in [0.29, 0.717) is 11.1 Å². The maximum absolute atomic E-state index is 12.4. The molecule has 0 spiro atoms. The molecular formula is C13H10Cl2F2N2O2. The van der Waals surface area contributed by atoms with E-state index in [1.165, 1.54) is 19.2 Å². The van der Waals surface area contributed by atoms with E-state index in [9.17, 15) is 8.78 Å². The number of hydrogen-bond acceptors (Lipinski definition) is 4. The summed E-state index contributed by atoms with van der Waals surface area (Å²) in [5.74, 6) is 0.252. The fraction of sp³-hybridized carbons (Fsp3) is 0.231. The molecule has 0 bridgehead atoms. The van der Waals surface area contributed by atoms with E-state index in [-0.39, 0.29) is 27.6 Å². The molecule has 4 nitrogen and oxygen atoms in total. The molecule has 0 atom stereocenters. The Balaban J connectivity index is 2.49. The minimum atomic E-state index is -2.97. The van der Waals surface area contributed by atoms with Crippen molar-refractivity contribution < 1.29 is 18.3 Å². The number of halogens is 4. The number of rotatable bonds is 4. The van der Waals surface area contributed by atoms with E-state index in [1.807, 2.05) is 0 Å². The third-order valence-corrected chi connectivity index (χ3v) is 3.40. The van der Waals surface area contributed by atoms with Gasteiger partial charge in [-0.2, -0.15) is 8.78 Å². The minimum absolute atomic E-state index is 0.124. The summed E-state index contributed by atoms with van der Waals surface area (Å²) in [6, 6.07) is 4.40. The number of hydrogen-bond donors (Lipinski definition) is 0. The van der Waals surface area contributed by atoms with Crippen LogP contribution in [0.3, 0.4) is 0 Å². The fourth-order valence-corrected chi connectivity index (χ4v) is 1.98. The lowest BCUT2D eigenvalue weighted by Gasteiger charge is -2.11. The molecule has 0 fully saturated rings. The van der Waals surface area contributed by atoms with Crippen LogP contribution < -0.4 is 9.47 Å². The highest BCUT2D eigenvalue weighted by atomic mass is 35.5. The Labute approximate surface area is 129 Å². The molecule has 112 valence electrons. The van der Waals surface area contributed by atoms with Gasteiger partial charge >= 0.3 is 6.61 Å². The Morgan fingerprint density at radius 1 is 1.10 bits per heavy atom. The second kappa shape index (κ2) is 6.41. The van der Waals surface area contributed by atoms with E-state index in [1.54, 1.807) is 13.0 Å². The lowest BCUT2D eigenvalue weighted by molar-refractivity contribution is -0.0511. The quantitative estimate of drug-likeness (QED) is 0.779. The zero-order valence-electron chi connectivity index (χ0n) is 11.0. The maximum atomic E-state index is 12.4. The molecule has 0 saturated heterocycles. The molecule has 2 rings (SSSR count). The molecule has 0 aliphatic heterocycles. The van der Waals surface area contributed by atoms with Gasteiger partial charge < -0.3 is 9.47 Å². The second-order valence-corrected chi connectivity index (χ2v) is 4.71. The van der Waals surface area contributed by atoms with Gasteiger partial charge in [-0.15, -0.1) is 0 Å². The van der Waals surface area contributed by atoms with Crippen LogP contribution in [0.25, 0.3) is 11.4 Å². The van der Waals surface area contributed by atoms with Crippen molar-refractivity contribution in [3.8, 4) is 22.9 Å². The lowest BCUT2D eigenvalue weighted by atomic mass is 10.2. The van der Waals surface area contributed by atoms with Gasteiger partial charge in [-0.05, 0) is 25.1 Å². The number of nitrogens with zero attached hydrogens (tertiary/aromatic N) is 2. The van der Waals surface area contributed by atoms with Gasteiger partial charge in [0.2, 0.25) is 0 Å². The Bertz CT molecular complexity index is 646. The zero-order valence-corrected chi connectivity index (χ0v) is 12.5. The fourth-order valence-electron chi connectivity index (χ4n) is 1.60. The molecule has 1 heterocycles. The summed E-state index contributed by atoms with van der Waals surface area (Å²) in [5.41, 5.74) is 0.967. The molecule has 2 aromatic rings. The van der Waals surface area contributed by atoms with Crippen molar-refractivity contribution in [1.29, 1.82) is 0 Å². The lowest BCUT2D eigenvalue weighted by Crippen LogP contribution is -2.04. The van der Waals surface area contributed by atoms with Crippen LogP contribution in [0.1, 0.15) is 5.56 Å².